The van der Waals surface area contributed by atoms with Crippen LogP contribution in [0.3, 0.4) is 0 Å². The average molecular weight is 302 g/mol. The second kappa shape index (κ2) is 6.29. The highest BCUT2D eigenvalue weighted by Gasteiger charge is 2.35. The summed E-state index contributed by atoms with van der Waals surface area (Å²) in [6.07, 6.45) is 4.68. The van der Waals surface area contributed by atoms with Crippen molar-refractivity contribution in [2.24, 2.45) is 5.92 Å². The number of benzene rings is 1. The number of hydrogen-bond acceptors (Lipinski definition) is 2. The van der Waals surface area contributed by atoms with Gasteiger partial charge in [-0.05, 0) is 61.1 Å². The zero-order valence-corrected chi connectivity index (χ0v) is 13.4. The van der Waals surface area contributed by atoms with Crippen molar-refractivity contribution in [2.45, 2.75) is 57.5 Å². The summed E-state index contributed by atoms with van der Waals surface area (Å²) >= 11 is 0. The van der Waals surface area contributed by atoms with Crippen molar-refractivity contribution in [3.05, 3.63) is 34.9 Å². The first-order chi connectivity index (χ1) is 10.6. The summed E-state index contributed by atoms with van der Waals surface area (Å²) in [7, 11) is 0. The topological polar surface area (TPSA) is 61.4 Å². The van der Waals surface area contributed by atoms with Crippen molar-refractivity contribution in [3.8, 4) is 0 Å². The second-order valence-electron chi connectivity index (χ2n) is 6.86. The third-order valence-corrected chi connectivity index (χ3v) is 5.34. The molecule has 1 aromatic rings. The molecule has 0 aliphatic heterocycles. The molecule has 3 N–H and O–H groups in total. The number of urea groups is 1. The second-order valence-corrected chi connectivity index (χ2v) is 6.86. The quantitative estimate of drug-likeness (QED) is 0.801. The number of nitrogens with one attached hydrogen (secondary N) is 2. The molecule has 120 valence electrons. The molecule has 4 atom stereocenters. The van der Waals surface area contributed by atoms with Crippen LogP contribution < -0.4 is 10.6 Å². The summed E-state index contributed by atoms with van der Waals surface area (Å²) in [6.45, 7) is 3.94. The third kappa shape index (κ3) is 2.84. The first-order valence-electron chi connectivity index (χ1n) is 8.39. The number of carbonyl (C=O) groups is 1. The molecule has 2 aliphatic rings. The van der Waals surface area contributed by atoms with Crippen LogP contribution in [0, 0.1) is 5.92 Å². The van der Waals surface area contributed by atoms with Crippen LogP contribution in [0.2, 0.25) is 0 Å². The highest BCUT2D eigenvalue weighted by atomic mass is 16.3. The van der Waals surface area contributed by atoms with E-state index in [1.54, 1.807) is 0 Å². The van der Waals surface area contributed by atoms with Crippen LogP contribution in [0.5, 0.6) is 0 Å². The molecule has 0 heterocycles. The molecular formula is C18H26N2O2. The van der Waals surface area contributed by atoms with Gasteiger partial charge >= 0.3 is 6.03 Å². The SMILES string of the molecule is CC(CO)C(C)NC(=O)NC1CC2CCCc3cccc1c32. The molecule has 0 radical (unpaired) electrons. The Morgan fingerprint density at radius 3 is 3.00 bits per heavy atom. The van der Waals surface area contributed by atoms with Crippen molar-refractivity contribution in [2.75, 3.05) is 6.61 Å². The zero-order valence-electron chi connectivity index (χ0n) is 13.4. The van der Waals surface area contributed by atoms with Crippen LogP contribution in [-0.2, 0) is 6.42 Å². The number of aliphatic hydroxyl groups excluding tert-OH is 1. The minimum Gasteiger partial charge on any atom is -0.396 e. The van der Waals surface area contributed by atoms with Gasteiger partial charge in [-0.2, -0.15) is 0 Å². The predicted octanol–water partition coefficient (Wildman–Crippen LogP) is 2.87. The Hall–Kier alpha value is -1.55. The highest BCUT2D eigenvalue weighted by Crippen LogP contribution is 2.47. The molecule has 3 rings (SSSR count). The Balaban J connectivity index is 1.68. The maximum absolute atomic E-state index is 12.2. The fourth-order valence-electron chi connectivity index (χ4n) is 3.83. The Morgan fingerprint density at radius 1 is 1.41 bits per heavy atom. The monoisotopic (exact) mass is 302 g/mol. The lowest BCUT2D eigenvalue weighted by Crippen LogP contribution is -2.45. The summed E-state index contributed by atoms with van der Waals surface area (Å²) in [6, 6.07) is 6.46. The molecule has 4 unspecified atom stereocenters. The standard InChI is InChI=1S/C18H26N2O2/c1-11(10-21)12(2)19-18(22)20-16-9-14-7-3-5-13-6-4-8-15(16)17(13)14/h4,6,8,11-12,14,16,21H,3,5,7,9-10H2,1-2H3,(H2,19,20,22). The summed E-state index contributed by atoms with van der Waals surface area (Å²) in [4.78, 5) is 12.2. The number of rotatable bonds is 4. The van der Waals surface area contributed by atoms with Crippen LogP contribution in [0.25, 0.3) is 0 Å². The molecule has 4 nitrogen and oxygen atoms in total. The molecule has 1 aromatic carbocycles. The van der Waals surface area contributed by atoms with E-state index in [4.69, 9.17) is 5.11 Å². The van der Waals surface area contributed by atoms with E-state index in [1.807, 2.05) is 13.8 Å². The van der Waals surface area contributed by atoms with Crippen molar-refractivity contribution in [1.82, 2.24) is 10.6 Å². The summed E-state index contributed by atoms with van der Waals surface area (Å²) < 4.78 is 0. The van der Waals surface area contributed by atoms with Crippen LogP contribution in [0.15, 0.2) is 18.2 Å². The fourth-order valence-corrected chi connectivity index (χ4v) is 3.83. The predicted molar refractivity (Wildman–Crippen MR) is 86.9 cm³/mol. The molecule has 0 saturated carbocycles. The Morgan fingerprint density at radius 2 is 2.23 bits per heavy atom. The summed E-state index contributed by atoms with van der Waals surface area (Å²) in [5.41, 5.74) is 4.27. The minimum atomic E-state index is -0.131. The molecule has 2 amide bonds. The first kappa shape index (κ1) is 15.3. The van der Waals surface area contributed by atoms with Crippen molar-refractivity contribution < 1.29 is 9.90 Å². The largest absolute Gasteiger partial charge is 0.396 e. The number of carbonyl (C=O) groups excluding carboxylic acids is 1. The van der Waals surface area contributed by atoms with Crippen LogP contribution in [-0.4, -0.2) is 23.8 Å². The Labute approximate surface area is 132 Å². The van der Waals surface area contributed by atoms with Gasteiger partial charge in [0.15, 0.2) is 0 Å². The van der Waals surface area contributed by atoms with Crippen LogP contribution in [0.1, 0.15) is 61.8 Å². The van der Waals surface area contributed by atoms with Crippen molar-refractivity contribution in [1.29, 1.82) is 0 Å². The minimum absolute atomic E-state index is 0.0383. The molecule has 0 saturated heterocycles. The van der Waals surface area contributed by atoms with Gasteiger partial charge in [0.1, 0.15) is 0 Å². The smallest absolute Gasteiger partial charge is 0.315 e. The lowest BCUT2D eigenvalue weighted by molar-refractivity contribution is 0.199. The fraction of sp³-hybridized carbons (Fsp3) is 0.611. The molecular weight excluding hydrogens is 276 g/mol. The molecule has 0 aromatic heterocycles. The van der Waals surface area contributed by atoms with E-state index in [-0.39, 0.29) is 30.6 Å². The number of aliphatic hydroxyl groups is 1. The lowest BCUT2D eigenvalue weighted by atomic mass is 9.84. The summed E-state index contributed by atoms with van der Waals surface area (Å²) in [5.74, 6) is 0.669. The average Bonchev–Trinajstić information content (AvgIpc) is 2.86. The molecule has 22 heavy (non-hydrogen) atoms. The van der Waals surface area contributed by atoms with E-state index in [9.17, 15) is 4.79 Å². The van der Waals surface area contributed by atoms with Gasteiger partial charge in [-0.1, -0.05) is 25.1 Å². The van der Waals surface area contributed by atoms with Crippen LogP contribution >= 0.6 is 0 Å². The summed E-state index contributed by atoms with van der Waals surface area (Å²) in [5, 5.41) is 15.2. The molecule has 0 bridgehead atoms. The van der Waals surface area contributed by atoms with Gasteiger partial charge < -0.3 is 15.7 Å². The highest BCUT2D eigenvalue weighted by molar-refractivity contribution is 5.75. The van der Waals surface area contributed by atoms with E-state index >= 15 is 0 Å². The van der Waals surface area contributed by atoms with Gasteiger partial charge in [-0.25, -0.2) is 4.79 Å². The van der Waals surface area contributed by atoms with E-state index in [0.717, 1.165) is 6.42 Å². The van der Waals surface area contributed by atoms with Gasteiger partial charge in [0, 0.05) is 12.6 Å². The van der Waals surface area contributed by atoms with E-state index < -0.39 is 0 Å². The van der Waals surface area contributed by atoms with Crippen LogP contribution in [0.4, 0.5) is 4.79 Å². The van der Waals surface area contributed by atoms with E-state index in [0.29, 0.717) is 5.92 Å². The van der Waals surface area contributed by atoms with Crippen molar-refractivity contribution >= 4 is 6.03 Å². The Kier molecular flexibility index (Phi) is 4.39. The van der Waals surface area contributed by atoms with E-state index in [2.05, 4.69) is 28.8 Å². The Bertz CT molecular complexity index is 558. The number of hydrogen-bond donors (Lipinski definition) is 3. The molecule has 4 heteroatoms. The normalized spacial score (nSPS) is 25.2. The van der Waals surface area contributed by atoms with Gasteiger partial charge in [0.25, 0.3) is 0 Å². The third-order valence-electron chi connectivity index (χ3n) is 5.34. The van der Waals surface area contributed by atoms with Gasteiger partial charge in [0.2, 0.25) is 0 Å². The lowest BCUT2D eigenvalue weighted by Gasteiger charge is -2.22. The van der Waals surface area contributed by atoms with E-state index in [1.165, 1.54) is 36.0 Å². The van der Waals surface area contributed by atoms with Gasteiger partial charge in [0.05, 0.1) is 6.04 Å². The van der Waals surface area contributed by atoms with Crippen molar-refractivity contribution in [3.63, 3.8) is 0 Å². The first-order valence-corrected chi connectivity index (χ1v) is 8.39. The molecule has 0 fully saturated rings. The zero-order chi connectivity index (χ0) is 15.7. The molecule has 2 aliphatic carbocycles. The number of aryl methyl sites for hydroxylation is 1. The number of amides is 2. The van der Waals surface area contributed by atoms with Gasteiger partial charge in [-0.15, -0.1) is 0 Å². The maximum atomic E-state index is 12.2. The van der Waals surface area contributed by atoms with Gasteiger partial charge in [-0.3, -0.25) is 0 Å². The molecule has 0 spiro atoms. The maximum Gasteiger partial charge on any atom is 0.315 e.